The minimum absolute atomic E-state index is 0.0455. The van der Waals surface area contributed by atoms with Crippen LogP contribution in [0.5, 0.6) is 0 Å². The summed E-state index contributed by atoms with van der Waals surface area (Å²) in [5.74, 6) is -0.573. The Morgan fingerprint density at radius 3 is 1.54 bits per heavy atom. The molecule has 0 fully saturated rings. The highest BCUT2D eigenvalue weighted by molar-refractivity contribution is 6.12. The van der Waals surface area contributed by atoms with Crippen LogP contribution >= 0.6 is 0 Å². The fourth-order valence-corrected chi connectivity index (χ4v) is 5.02. The molecule has 1 aliphatic carbocycles. The number of hydrogen-bond donors (Lipinski definition) is 1. The smallest absolute Gasteiger partial charge is 0.407 e. The summed E-state index contributed by atoms with van der Waals surface area (Å²) in [6, 6.07) is 16.5. The molecule has 1 heterocycles. The largest absolute Gasteiger partial charge is 0.449 e. The number of imide groups is 1. The molecule has 0 bridgehead atoms. The van der Waals surface area contributed by atoms with Crippen molar-refractivity contribution in [1.29, 1.82) is 0 Å². The van der Waals surface area contributed by atoms with Crippen molar-refractivity contribution >= 4 is 17.9 Å². The molecule has 2 aromatic carbocycles. The van der Waals surface area contributed by atoms with E-state index in [0.717, 1.165) is 4.90 Å². The number of nitrogens with zero attached hydrogens (tertiary/aromatic N) is 1. The highest BCUT2D eigenvalue weighted by atomic mass is 16.6. The van der Waals surface area contributed by atoms with E-state index in [9.17, 15) is 14.4 Å². The Labute approximate surface area is 269 Å². The van der Waals surface area contributed by atoms with Gasteiger partial charge >= 0.3 is 6.09 Å². The molecule has 2 aliphatic rings. The average Bonchev–Trinajstić information content (AvgIpc) is 3.57. The molecule has 1 N–H and O–H groups in total. The lowest BCUT2D eigenvalue weighted by Gasteiger charge is -2.14. The molecular weight excluding hydrogens is 596 g/mol. The summed E-state index contributed by atoms with van der Waals surface area (Å²) in [5.41, 5.74) is 4.79. The second-order valence-electron chi connectivity index (χ2n) is 10.4. The van der Waals surface area contributed by atoms with Gasteiger partial charge in [0.2, 0.25) is 0 Å². The number of amides is 3. The minimum atomic E-state index is -0.422. The third-order valence-corrected chi connectivity index (χ3v) is 7.30. The van der Waals surface area contributed by atoms with Gasteiger partial charge in [0.05, 0.1) is 79.2 Å². The number of rotatable bonds is 24. The van der Waals surface area contributed by atoms with Gasteiger partial charge in [-0.1, -0.05) is 48.5 Å². The van der Waals surface area contributed by atoms with Gasteiger partial charge in [-0.25, -0.2) is 4.79 Å². The molecule has 3 amide bonds. The van der Waals surface area contributed by atoms with Gasteiger partial charge in [-0.2, -0.15) is 0 Å². The Hall–Kier alpha value is -3.65. The van der Waals surface area contributed by atoms with Crippen LogP contribution in [0.4, 0.5) is 4.79 Å². The first-order valence-corrected chi connectivity index (χ1v) is 15.7. The van der Waals surface area contributed by atoms with Crippen molar-refractivity contribution in [3.05, 3.63) is 71.8 Å². The Morgan fingerprint density at radius 1 is 0.609 bits per heavy atom. The van der Waals surface area contributed by atoms with E-state index in [-0.39, 0.29) is 30.9 Å². The summed E-state index contributed by atoms with van der Waals surface area (Å²) >= 11 is 0. The topological polar surface area (TPSA) is 131 Å². The zero-order chi connectivity index (χ0) is 32.2. The summed E-state index contributed by atoms with van der Waals surface area (Å²) < 4.78 is 38.3. The van der Waals surface area contributed by atoms with Crippen LogP contribution in [0.25, 0.3) is 11.1 Å². The summed E-state index contributed by atoms with van der Waals surface area (Å²) in [5, 5.41) is 2.79. The lowest BCUT2D eigenvalue weighted by molar-refractivity contribution is -0.137. The van der Waals surface area contributed by atoms with Crippen molar-refractivity contribution in [1.82, 2.24) is 10.2 Å². The van der Waals surface area contributed by atoms with Gasteiger partial charge < -0.3 is 38.5 Å². The molecule has 0 atom stereocenters. The molecule has 0 saturated carbocycles. The monoisotopic (exact) mass is 640 g/mol. The van der Waals surface area contributed by atoms with Crippen molar-refractivity contribution in [2.45, 2.75) is 12.3 Å². The zero-order valence-electron chi connectivity index (χ0n) is 26.2. The van der Waals surface area contributed by atoms with Crippen molar-refractivity contribution in [2.75, 3.05) is 99.0 Å². The predicted molar refractivity (Wildman–Crippen MR) is 168 cm³/mol. The van der Waals surface area contributed by atoms with Crippen molar-refractivity contribution in [3.63, 3.8) is 0 Å². The van der Waals surface area contributed by atoms with Crippen LogP contribution in [-0.4, -0.2) is 122 Å². The normalized spacial score (nSPS) is 13.8. The molecule has 0 unspecified atom stereocenters. The van der Waals surface area contributed by atoms with Gasteiger partial charge in [-0.15, -0.1) is 0 Å². The van der Waals surface area contributed by atoms with Crippen molar-refractivity contribution in [2.24, 2.45) is 0 Å². The predicted octanol–water partition coefficient (Wildman–Crippen LogP) is 2.94. The lowest BCUT2D eigenvalue weighted by atomic mass is 9.98. The number of carbonyl (C=O) groups excluding carboxylic acids is 3. The van der Waals surface area contributed by atoms with Crippen LogP contribution in [0.15, 0.2) is 60.7 Å². The first-order chi connectivity index (χ1) is 22.6. The molecule has 0 spiro atoms. The number of carbonyl (C=O) groups is 3. The molecule has 0 radical (unpaired) electrons. The number of ether oxygens (including phenoxy) is 7. The Morgan fingerprint density at radius 2 is 1.04 bits per heavy atom. The van der Waals surface area contributed by atoms with Gasteiger partial charge in [-0.05, 0) is 28.7 Å². The number of benzene rings is 2. The minimum Gasteiger partial charge on any atom is -0.449 e. The summed E-state index contributed by atoms with van der Waals surface area (Å²) in [7, 11) is 0. The maximum absolute atomic E-state index is 12.2. The molecule has 12 nitrogen and oxygen atoms in total. The molecule has 0 aromatic heterocycles. The molecule has 1 aliphatic heterocycles. The van der Waals surface area contributed by atoms with Gasteiger partial charge in [-0.3, -0.25) is 14.5 Å². The fraction of sp³-hybridized carbons (Fsp3) is 0.500. The molecular formula is C34H44N2O10. The van der Waals surface area contributed by atoms with Gasteiger partial charge in [0.25, 0.3) is 11.8 Å². The van der Waals surface area contributed by atoms with Crippen LogP contribution in [0, 0.1) is 0 Å². The molecule has 0 saturated heterocycles. The van der Waals surface area contributed by atoms with E-state index < -0.39 is 6.09 Å². The number of nitrogens with one attached hydrogen (secondary N) is 1. The van der Waals surface area contributed by atoms with E-state index in [1.54, 1.807) is 0 Å². The lowest BCUT2D eigenvalue weighted by Crippen LogP contribution is -2.33. The first kappa shape index (κ1) is 35.2. The maximum atomic E-state index is 12.2. The SMILES string of the molecule is O=C(NCCCOCCOCCOCCOCCOCCOCCN1C(=O)C=CC1=O)OCC1c2ccccc2-c2ccccc21. The zero-order valence-corrected chi connectivity index (χ0v) is 26.2. The van der Waals surface area contributed by atoms with Gasteiger partial charge in [0.15, 0.2) is 0 Å². The number of fused-ring (bicyclic) bond motifs is 3. The van der Waals surface area contributed by atoms with E-state index in [1.165, 1.54) is 34.4 Å². The standard InChI is InChI=1S/C34H44N2O10/c37-32-10-11-33(38)36(32)13-15-41-17-19-43-21-23-45-25-24-44-22-20-42-18-16-40-14-5-12-35-34(39)46-26-31-29-8-3-1-6-27(29)28-7-2-4-9-30(28)31/h1-4,6-11,31H,5,12-26H2,(H,35,39). The Balaban J connectivity index is 0.856. The van der Waals surface area contributed by atoms with E-state index in [4.69, 9.17) is 33.2 Å². The average molecular weight is 641 g/mol. The van der Waals surface area contributed by atoms with Gasteiger partial charge in [0.1, 0.15) is 6.61 Å². The molecule has 250 valence electrons. The van der Waals surface area contributed by atoms with Crippen LogP contribution < -0.4 is 5.32 Å². The Kier molecular flexibility index (Phi) is 15.7. The Bertz CT molecular complexity index is 1210. The van der Waals surface area contributed by atoms with Crippen LogP contribution in [-0.2, 0) is 42.7 Å². The van der Waals surface area contributed by atoms with E-state index in [1.807, 2.05) is 24.3 Å². The second-order valence-corrected chi connectivity index (χ2v) is 10.4. The van der Waals surface area contributed by atoms with E-state index in [2.05, 4.69) is 29.6 Å². The molecule has 46 heavy (non-hydrogen) atoms. The highest BCUT2D eigenvalue weighted by Crippen LogP contribution is 2.44. The first-order valence-electron chi connectivity index (χ1n) is 15.7. The third kappa shape index (κ3) is 11.6. The molecule has 2 aromatic rings. The van der Waals surface area contributed by atoms with Gasteiger partial charge in [0, 0.05) is 31.2 Å². The number of alkyl carbamates (subject to hydrolysis) is 1. The van der Waals surface area contributed by atoms with E-state index >= 15 is 0 Å². The number of hydrogen-bond acceptors (Lipinski definition) is 10. The van der Waals surface area contributed by atoms with Crippen LogP contribution in [0.3, 0.4) is 0 Å². The fourth-order valence-electron chi connectivity index (χ4n) is 5.02. The summed E-state index contributed by atoms with van der Waals surface area (Å²) in [4.78, 5) is 36.2. The molecule has 12 heteroatoms. The molecule has 4 rings (SSSR count). The highest BCUT2D eigenvalue weighted by Gasteiger charge is 2.29. The van der Waals surface area contributed by atoms with Crippen LogP contribution in [0.1, 0.15) is 23.5 Å². The quantitative estimate of drug-likeness (QED) is 0.135. The summed E-state index contributed by atoms with van der Waals surface area (Å²) in [6.07, 6.45) is 2.76. The van der Waals surface area contributed by atoms with Crippen LogP contribution in [0.2, 0.25) is 0 Å². The summed E-state index contributed by atoms with van der Waals surface area (Å²) in [6.45, 7) is 6.23. The maximum Gasteiger partial charge on any atom is 0.407 e. The van der Waals surface area contributed by atoms with Crippen molar-refractivity contribution < 1.29 is 47.5 Å². The van der Waals surface area contributed by atoms with E-state index in [0.29, 0.717) is 92.2 Å². The van der Waals surface area contributed by atoms with Crippen molar-refractivity contribution in [3.8, 4) is 11.1 Å². The second kappa shape index (κ2) is 20.5. The third-order valence-electron chi connectivity index (χ3n) is 7.30.